The monoisotopic (exact) mass is 355 g/mol. The lowest BCUT2D eigenvalue weighted by Crippen LogP contribution is -2.16. The Morgan fingerprint density at radius 3 is 2.85 bits per heavy atom. The number of hydrogen-bond donors (Lipinski definition) is 2. The molecule has 4 aromatic rings. The fourth-order valence-corrected chi connectivity index (χ4v) is 2.65. The summed E-state index contributed by atoms with van der Waals surface area (Å²) in [6.45, 7) is 0. The Bertz CT molecular complexity index is 1230. The van der Waals surface area contributed by atoms with Crippen molar-refractivity contribution in [2.75, 3.05) is 5.43 Å². The van der Waals surface area contributed by atoms with E-state index in [4.69, 9.17) is 4.42 Å². The van der Waals surface area contributed by atoms with E-state index in [1.54, 1.807) is 24.6 Å². The fraction of sp³-hybridized carbons (Fsp3) is 0. The van der Waals surface area contributed by atoms with Crippen molar-refractivity contribution >= 4 is 23.1 Å². The Morgan fingerprint density at radius 2 is 2.04 bits per heavy atom. The molecule has 2 aromatic carbocycles. The predicted molar refractivity (Wildman–Crippen MR) is 102 cm³/mol. The SMILES string of the molecule is N#Cc1c(-c2ccccc2)nc(NN=Cc2ccc3ccoc3c2)[nH]c1=O. The number of fused-ring (bicyclic) bond motifs is 1. The molecule has 0 amide bonds. The van der Waals surface area contributed by atoms with Crippen LogP contribution < -0.4 is 11.0 Å². The van der Waals surface area contributed by atoms with Crippen LogP contribution in [0.1, 0.15) is 11.1 Å². The van der Waals surface area contributed by atoms with Crippen molar-refractivity contribution in [3.8, 4) is 17.3 Å². The number of benzene rings is 2. The number of aromatic amines is 1. The molecule has 27 heavy (non-hydrogen) atoms. The summed E-state index contributed by atoms with van der Waals surface area (Å²) >= 11 is 0. The van der Waals surface area contributed by atoms with Crippen LogP contribution in [0.15, 0.2) is 75.2 Å². The molecule has 0 spiro atoms. The van der Waals surface area contributed by atoms with Crippen LogP contribution in [-0.4, -0.2) is 16.2 Å². The van der Waals surface area contributed by atoms with Gasteiger partial charge in [-0.1, -0.05) is 42.5 Å². The number of nitrogens with zero attached hydrogens (tertiary/aromatic N) is 3. The molecule has 130 valence electrons. The van der Waals surface area contributed by atoms with Crippen LogP contribution in [-0.2, 0) is 0 Å². The van der Waals surface area contributed by atoms with Crippen molar-refractivity contribution in [1.29, 1.82) is 5.26 Å². The van der Waals surface area contributed by atoms with Gasteiger partial charge >= 0.3 is 0 Å². The average Bonchev–Trinajstić information content (AvgIpc) is 3.16. The number of hydrazone groups is 1. The minimum Gasteiger partial charge on any atom is -0.464 e. The molecule has 0 aliphatic rings. The molecule has 0 aliphatic carbocycles. The van der Waals surface area contributed by atoms with Crippen molar-refractivity contribution in [2.45, 2.75) is 0 Å². The molecular formula is C20H13N5O2. The minimum atomic E-state index is -0.527. The number of anilines is 1. The summed E-state index contributed by atoms with van der Waals surface area (Å²) in [5.41, 5.74) is 4.69. The van der Waals surface area contributed by atoms with Gasteiger partial charge in [0.1, 0.15) is 17.2 Å². The lowest BCUT2D eigenvalue weighted by atomic mass is 10.1. The minimum absolute atomic E-state index is 0.0426. The predicted octanol–water partition coefficient (Wildman–Crippen LogP) is 3.50. The van der Waals surface area contributed by atoms with Gasteiger partial charge in [-0.25, -0.2) is 10.4 Å². The van der Waals surface area contributed by atoms with E-state index in [1.165, 1.54) is 0 Å². The zero-order chi connectivity index (χ0) is 18.6. The van der Waals surface area contributed by atoms with Gasteiger partial charge in [-0.2, -0.15) is 10.4 Å². The Kier molecular flexibility index (Phi) is 4.21. The van der Waals surface area contributed by atoms with Crippen LogP contribution in [0.2, 0.25) is 0 Å². The first-order valence-corrected chi connectivity index (χ1v) is 8.11. The molecule has 0 atom stereocenters. The summed E-state index contributed by atoms with van der Waals surface area (Å²) in [4.78, 5) is 19.0. The summed E-state index contributed by atoms with van der Waals surface area (Å²) < 4.78 is 5.36. The number of hydrogen-bond acceptors (Lipinski definition) is 6. The highest BCUT2D eigenvalue weighted by Crippen LogP contribution is 2.19. The molecule has 7 nitrogen and oxygen atoms in total. The molecule has 0 fully saturated rings. The molecule has 0 radical (unpaired) electrons. The molecule has 0 unspecified atom stereocenters. The molecule has 0 saturated heterocycles. The Balaban J connectivity index is 1.63. The van der Waals surface area contributed by atoms with Crippen molar-refractivity contribution in [3.63, 3.8) is 0 Å². The first-order chi connectivity index (χ1) is 13.2. The third-order valence-electron chi connectivity index (χ3n) is 3.94. The Labute approximate surface area is 153 Å². The van der Waals surface area contributed by atoms with Crippen LogP contribution in [0, 0.1) is 11.3 Å². The van der Waals surface area contributed by atoms with E-state index in [1.807, 2.05) is 48.5 Å². The van der Waals surface area contributed by atoms with Gasteiger partial charge < -0.3 is 4.42 Å². The molecule has 7 heteroatoms. The summed E-state index contributed by atoms with van der Waals surface area (Å²) in [6, 6.07) is 18.5. The molecule has 0 saturated carbocycles. The van der Waals surface area contributed by atoms with E-state index < -0.39 is 5.56 Å². The highest BCUT2D eigenvalue weighted by molar-refractivity contribution is 5.87. The van der Waals surface area contributed by atoms with E-state index in [2.05, 4.69) is 20.5 Å². The van der Waals surface area contributed by atoms with E-state index in [-0.39, 0.29) is 11.5 Å². The van der Waals surface area contributed by atoms with Gasteiger partial charge in [0.2, 0.25) is 5.95 Å². The highest BCUT2D eigenvalue weighted by atomic mass is 16.3. The van der Waals surface area contributed by atoms with Gasteiger partial charge in [0.25, 0.3) is 5.56 Å². The normalized spacial score (nSPS) is 10.9. The first kappa shape index (κ1) is 16.3. The summed E-state index contributed by atoms with van der Waals surface area (Å²) in [7, 11) is 0. The maximum atomic E-state index is 12.2. The van der Waals surface area contributed by atoms with Crippen LogP contribution in [0.4, 0.5) is 5.95 Å². The number of H-pyrrole nitrogens is 1. The molecule has 2 aromatic heterocycles. The van der Waals surface area contributed by atoms with Gasteiger partial charge in [0.15, 0.2) is 0 Å². The molecule has 2 N–H and O–H groups in total. The fourth-order valence-electron chi connectivity index (χ4n) is 2.65. The quantitative estimate of drug-likeness (QED) is 0.430. The third kappa shape index (κ3) is 3.32. The molecule has 4 rings (SSSR count). The maximum absolute atomic E-state index is 12.2. The van der Waals surface area contributed by atoms with E-state index in [0.717, 1.165) is 16.5 Å². The van der Waals surface area contributed by atoms with Gasteiger partial charge in [-0.05, 0) is 17.7 Å². The second-order valence-corrected chi connectivity index (χ2v) is 5.70. The number of rotatable bonds is 4. The Hall–Kier alpha value is -4.18. The molecule has 0 bridgehead atoms. The summed E-state index contributed by atoms with van der Waals surface area (Å²) in [6.07, 6.45) is 3.21. The van der Waals surface area contributed by atoms with Crippen LogP contribution >= 0.6 is 0 Å². The van der Waals surface area contributed by atoms with Gasteiger partial charge in [-0.3, -0.25) is 9.78 Å². The van der Waals surface area contributed by atoms with Gasteiger partial charge in [0.05, 0.1) is 18.2 Å². The van der Waals surface area contributed by atoms with E-state index >= 15 is 0 Å². The topological polar surface area (TPSA) is 107 Å². The zero-order valence-corrected chi connectivity index (χ0v) is 14.0. The molecule has 2 heterocycles. The van der Waals surface area contributed by atoms with Crippen molar-refractivity contribution < 1.29 is 4.42 Å². The Morgan fingerprint density at radius 1 is 1.19 bits per heavy atom. The van der Waals surface area contributed by atoms with Crippen LogP contribution in [0.3, 0.4) is 0 Å². The largest absolute Gasteiger partial charge is 0.464 e. The highest BCUT2D eigenvalue weighted by Gasteiger charge is 2.12. The van der Waals surface area contributed by atoms with E-state index in [0.29, 0.717) is 11.3 Å². The third-order valence-corrected chi connectivity index (χ3v) is 3.94. The van der Waals surface area contributed by atoms with Gasteiger partial charge in [-0.15, -0.1) is 0 Å². The molecular weight excluding hydrogens is 342 g/mol. The smallest absolute Gasteiger partial charge is 0.270 e. The summed E-state index contributed by atoms with van der Waals surface area (Å²) in [5, 5.41) is 14.4. The average molecular weight is 355 g/mol. The maximum Gasteiger partial charge on any atom is 0.270 e. The van der Waals surface area contributed by atoms with Gasteiger partial charge in [0, 0.05) is 10.9 Å². The number of furan rings is 1. The lowest BCUT2D eigenvalue weighted by Gasteiger charge is -2.05. The van der Waals surface area contributed by atoms with Crippen molar-refractivity contribution in [3.05, 3.63) is 82.3 Å². The van der Waals surface area contributed by atoms with Crippen molar-refractivity contribution in [1.82, 2.24) is 9.97 Å². The zero-order valence-electron chi connectivity index (χ0n) is 14.0. The number of nitriles is 1. The first-order valence-electron chi connectivity index (χ1n) is 8.11. The second kappa shape index (κ2) is 6.98. The second-order valence-electron chi connectivity index (χ2n) is 5.70. The molecule has 0 aliphatic heterocycles. The van der Waals surface area contributed by atoms with Crippen LogP contribution in [0.5, 0.6) is 0 Å². The van der Waals surface area contributed by atoms with Crippen molar-refractivity contribution in [2.24, 2.45) is 5.10 Å². The van der Waals surface area contributed by atoms with E-state index in [9.17, 15) is 10.1 Å². The van der Waals surface area contributed by atoms with Crippen LogP contribution in [0.25, 0.3) is 22.2 Å². The lowest BCUT2D eigenvalue weighted by molar-refractivity contribution is 0.616. The number of nitrogens with one attached hydrogen (secondary N) is 2. The summed E-state index contributed by atoms with van der Waals surface area (Å²) in [5.74, 6) is 0.146. The standard InChI is InChI=1S/C20H13N5O2/c21-11-16-18(15-4-2-1-3-5-15)23-20(24-19(16)26)25-22-12-13-6-7-14-8-9-27-17(14)10-13/h1-10,12H,(H2,23,24,25,26). The number of aromatic nitrogens is 2.